The van der Waals surface area contributed by atoms with Crippen molar-refractivity contribution in [3.05, 3.63) is 59.7 Å². The van der Waals surface area contributed by atoms with E-state index >= 15 is 0 Å². The normalized spacial score (nSPS) is 16.7. The summed E-state index contributed by atoms with van der Waals surface area (Å²) in [5.74, 6) is 1.67. The molecule has 0 bridgehead atoms. The fraction of sp³-hybridized carbons (Fsp3) is 0.400. The van der Waals surface area contributed by atoms with Crippen molar-refractivity contribution in [3.63, 3.8) is 0 Å². The van der Waals surface area contributed by atoms with Gasteiger partial charge in [-0.3, -0.25) is 4.79 Å². The third-order valence-corrected chi connectivity index (χ3v) is 8.03. The summed E-state index contributed by atoms with van der Waals surface area (Å²) in [4.78, 5) is 12.9. The van der Waals surface area contributed by atoms with Gasteiger partial charge < -0.3 is 14.8 Å². The number of hydrogen-bond donors (Lipinski definition) is 1. The number of hydrogen-bond acceptors (Lipinski definition) is 5. The molecule has 2 aliphatic rings. The Morgan fingerprint density at radius 3 is 2.36 bits per heavy atom. The van der Waals surface area contributed by atoms with Gasteiger partial charge in [0.05, 0.1) is 10.9 Å². The fourth-order valence-corrected chi connectivity index (χ4v) is 5.45. The topological polar surface area (TPSA) is 84.9 Å². The fourth-order valence-electron chi connectivity index (χ4n) is 3.99. The molecule has 0 aromatic heterocycles. The van der Waals surface area contributed by atoms with Gasteiger partial charge in [0, 0.05) is 19.2 Å². The SMILES string of the molecule is CCN(CC)S(=O)(=O)c1ccc(C=CC(=O)NC(c2ccc3c(c2)OCCO3)C2CC2)cc1. The summed E-state index contributed by atoms with van der Waals surface area (Å²) in [7, 11) is -3.49. The smallest absolute Gasteiger partial charge is 0.244 e. The van der Waals surface area contributed by atoms with E-state index < -0.39 is 10.0 Å². The molecule has 0 radical (unpaired) electrons. The van der Waals surface area contributed by atoms with Crippen molar-refractivity contribution in [2.45, 2.75) is 37.6 Å². The maximum absolute atomic E-state index is 12.7. The van der Waals surface area contributed by atoms with Crippen LogP contribution in [0.25, 0.3) is 6.08 Å². The highest BCUT2D eigenvalue weighted by molar-refractivity contribution is 7.89. The van der Waals surface area contributed by atoms with Gasteiger partial charge in [-0.15, -0.1) is 0 Å². The zero-order valence-electron chi connectivity index (χ0n) is 19.0. The van der Waals surface area contributed by atoms with E-state index in [1.165, 1.54) is 10.4 Å². The highest BCUT2D eigenvalue weighted by Crippen LogP contribution is 2.43. The molecule has 1 saturated carbocycles. The molecule has 1 fully saturated rings. The number of rotatable bonds is 9. The average molecular weight is 471 g/mol. The zero-order valence-corrected chi connectivity index (χ0v) is 19.8. The summed E-state index contributed by atoms with van der Waals surface area (Å²) in [5, 5.41) is 3.11. The first-order valence-corrected chi connectivity index (χ1v) is 12.8. The van der Waals surface area contributed by atoms with Crippen LogP contribution in [0.5, 0.6) is 11.5 Å². The minimum atomic E-state index is -3.49. The van der Waals surface area contributed by atoms with Crippen LogP contribution < -0.4 is 14.8 Å². The number of ether oxygens (including phenoxy) is 2. The first-order chi connectivity index (χ1) is 15.9. The second kappa shape index (κ2) is 9.97. The number of sulfonamides is 1. The Morgan fingerprint density at radius 1 is 1.06 bits per heavy atom. The van der Waals surface area contributed by atoms with Crippen molar-refractivity contribution in [2.75, 3.05) is 26.3 Å². The van der Waals surface area contributed by atoms with Gasteiger partial charge in [0.15, 0.2) is 11.5 Å². The third kappa shape index (κ3) is 5.39. The number of carbonyl (C=O) groups is 1. The lowest BCUT2D eigenvalue weighted by molar-refractivity contribution is -0.117. The lowest BCUT2D eigenvalue weighted by Gasteiger charge is -2.22. The van der Waals surface area contributed by atoms with Crippen molar-refractivity contribution in [1.82, 2.24) is 9.62 Å². The summed E-state index contributed by atoms with van der Waals surface area (Å²) in [6, 6.07) is 12.3. The highest BCUT2D eigenvalue weighted by atomic mass is 32.2. The van der Waals surface area contributed by atoms with Crippen LogP contribution in [0.4, 0.5) is 0 Å². The lowest BCUT2D eigenvalue weighted by Crippen LogP contribution is -2.30. The average Bonchev–Trinajstić information content (AvgIpc) is 3.67. The Morgan fingerprint density at radius 2 is 1.73 bits per heavy atom. The second-order valence-electron chi connectivity index (χ2n) is 8.22. The van der Waals surface area contributed by atoms with Gasteiger partial charge in [0.1, 0.15) is 13.2 Å². The molecule has 1 heterocycles. The molecule has 1 amide bonds. The summed E-state index contributed by atoms with van der Waals surface area (Å²) in [6.45, 7) is 5.54. The van der Waals surface area contributed by atoms with E-state index in [2.05, 4.69) is 5.32 Å². The summed E-state index contributed by atoms with van der Waals surface area (Å²) >= 11 is 0. The van der Waals surface area contributed by atoms with Crippen LogP contribution >= 0.6 is 0 Å². The van der Waals surface area contributed by atoms with E-state index in [-0.39, 0.29) is 16.8 Å². The summed E-state index contributed by atoms with van der Waals surface area (Å²) < 4.78 is 37.9. The Bertz CT molecular complexity index is 1120. The van der Waals surface area contributed by atoms with Gasteiger partial charge in [-0.05, 0) is 60.2 Å². The van der Waals surface area contributed by atoms with Gasteiger partial charge in [0.25, 0.3) is 0 Å². The molecular weight excluding hydrogens is 440 g/mol. The van der Waals surface area contributed by atoms with E-state index in [0.717, 1.165) is 29.7 Å². The number of amides is 1. The summed E-state index contributed by atoms with van der Waals surface area (Å²) in [6.07, 6.45) is 5.33. The molecule has 8 heteroatoms. The quantitative estimate of drug-likeness (QED) is 0.564. The Labute approximate surface area is 195 Å². The van der Waals surface area contributed by atoms with E-state index in [9.17, 15) is 13.2 Å². The minimum Gasteiger partial charge on any atom is -0.486 e. The predicted octanol–water partition coefficient (Wildman–Crippen LogP) is 3.77. The molecule has 33 heavy (non-hydrogen) atoms. The Hall–Kier alpha value is -2.84. The molecule has 1 aliphatic heterocycles. The molecule has 1 atom stereocenters. The number of nitrogens with one attached hydrogen (secondary N) is 1. The van der Waals surface area contributed by atoms with E-state index in [4.69, 9.17) is 9.47 Å². The minimum absolute atomic E-state index is 0.0837. The molecule has 1 aliphatic carbocycles. The molecule has 2 aromatic carbocycles. The third-order valence-electron chi connectivity index (χ3n) is 5.97. The molecule has 1 N–H and O–H groups in total. The van der Waals surface area contributed by atoms with Gasteiger partial charge in [-0.1, -0.05) is 32.0 Å². The van der Waals surface area contributed by atoms with Gasteiger partial charge in [-0.25, -0.2) is 8.42 Å². The molecule has 176 valence electrons. The number of fused-ring (bicyclic) bond motifs is 1. The summed E-state index contributed by atoms with van der Waals surface area (Å²) in [5.41, 5.74) is 1.76. The number of carbonyl (C=O) groups excluding carboxylic acids is 1. The molecular formula is C25H30N2O5S. The maximum Gasteiger partial charge on any atom is 0.244 e. The first kappa shape index (κ1) is 23.3. The van der Waals surface area contributed by atoms with Crippen molar-refractivity contribution >= 4 is 22.0 Å². The van der Waals surface area contributed by atoms with Crippen molar-refractivity contribution in [2.24, 2.45) is 5.92 Å². The largest absolute Gasteiger partial charge is 0.486 e. The van der Waals surface area contributed by atoms with E-state index in [1.807, 2.05) is 32.0 Å². The van der Waals surface area contributed by atoms with Crippen molar-refractivity contribution in [3.8, 4) is 11.5 Å². The maximum atomic E-state index is 12.7. The van der Waals surface area contributed by atoms with Crippen LogP contribution in [0, 0.1) is 5.92 Å². The first-order valence-electron chi connectivity index (χ1n) is 11.4. The highest BCUT2D eigenvalue weighted by Gasteiger charge is 2.33. The Balaban J connectivity index is 1.43. The van der Waals surface area contributed by atoms with Crippen LogP contribution in [0.2, 0.25) is 0 Å². The number of nitrogens with zero attached hydrogens (tertiary/aromatic N) is 1. The predicted molar refractivity (Wildman–Crippen MR) is 127 cm³/mol. The molecule has 2 aromatic rings. The molecule has 0 spiro atoms. The van der Waals surface area contributed by atoms with Gasteiger partial charge in [-0.2, -0.15) is 4.31 Å². The van der Waals surface area contributed by atoms with E-state index in [1.54, 1.807) is 30.3 Å². The van der Waals surface area contributed by atoms with Crippen LogP contribution in [-0.2, 0) is 14.8 Å². The van der Waals surface area contributed by atoms with E-state index in [0.29, 0.717) is 38.0 Å². The molecule has 4 rings (SSSR count). The van der Waals surface area contributed by atoms with Crippen LogP contribution in [0.1, 0.15) is 43.9 Å². The van der Waals surface area contributed by atoms with Crippen molar-refractivity contribution < 1.29 is 22.7 Å². The zero-order chi connectivity index (χ0) is 23.4. The van der Waals surface area contributed by atoms with Crippen molar-refractivity contribution in [1.29, 1.82) is 0 Å². The molecule has 1 unspecified atom stereocenters. The standard InChI is InChI=1S/C25H30N2O5S/c1-3-27(4-2)33(29,30)21-11-5-18(6-12-21)7-14-24(28)26-25(19-8-9-19)20-10-13-22-23(17-20)32-16-15-31-22/h5-7,10-14,17,19,25H,3-4,8-9,15-16H2,1-2H3,(H,26,28). The van der Waals surface area contributed by atoms with Gasteiger partial charge in [0.2, 0.25) is 15.9 Å². The number of benzene rings is 2. The van der Waals surface area contributed by atoms with Crippen LogP contribution in [0.3, 0.4) is 0 Å². The molecule has 0 saturated heterocycles. The van der Waals surface area contributed by atoms with Gasteiger partial charge >= 0.3 is 0 Å². The molecule has 7 nitrogen and oxygen atoms in total. The van der Waals surface area contributed by atoms with Crippen LogP contribution in [0.15, 0.2) is 53.4 Å². The monoisotopic (exact) mass is 470 g/mol. The lowest BCUT2D eigenvalue weighted by atomic mass is 10.0. The Kier molecular flexibility index (Phi) is 7.05. The van der Waals surface area contributed by atoms with Crippen LogP contribution in [-0.4, -0.2) is 44.9 Å². The second-order valence-corrected chi connectivity index (χ2v) is 10.2.